The molecule has 0 saturated carbocycles. The van der Waals surface area contributed by atoms with Gasteiger partial charge >= 0.3 is 0 Å². The molecule has 2 aromatic heterocycles. The number of rotatable bonds is 8. The van der Waals surface area contributed by atoms with E-state index in [1.807, 2.05) is 13.8 Å². The molecule has 158 valence electrons. The van der Waals surface area contributed by atoms with Gasteiger partial charge in [0.05, 0.1) is 21.8 Å². The number of hydrogen-bond donors (Lipinski definition) is 0. The van der Waals surface area contributed by atoms with Crippen LogP contribution in [0.15, 0.2) is 23.6 Å². The Morgan fingerprint density at radius 1 is 1.28 bits per heavy atom. The first-order valence-electron chi connectivity index (χ1n) is 9.22. The van der Waals surface area contributed by atoms with Crippen molar-refractivity contribution in [2.45, 2.75) is 63.9 Å². The Morgan fingerprint density at radius 3 is 2.48 bits per heavy atom. The van der Waals surface area contributed by atoms with E-state index < -0.39 is 26.2 Å². The van der Waals surface area contributed by atoms with Gasteiger partial charge in [-0.2, -0.15) is 0 Å². The SMILES string of the molecule is CCC(C)(N=[N+]=[N-])c1cnc(OC(C)CC(C)(C)S(C)(=O)=O)c2cnc(Cl)cc12. The average molecular weight is 440 g/mol. The minimum Gasteiger partial charge on any atom is -0.474 e. The lowest BCUT2D eigenvalue weighted by Gasteiger charge is -2.27. The van der Waals surface area contributed by atoms with Gasteiger partial charge in [-0.1, -0.05) is 23.6 Å². The van der Waals surface area contributed by atoms with Crippen molar-refractivity contribution in [3.8, 4) is 5.88 Å². The van der Waals surface area contributed by atoms with E-state index >= 15 is 0 Å². The van der Waals surface area contributed by atoms with Crippen LogP contribution in [-0.2, 0) is 15.4 Å². The fraction of sp³-hybridized carbons (Fsp3) is 0.579. The molecule has 2 aromatic rings. The lowest BCUT2D eigenvalue weighted by Crippen LogP contribution is -2.36. The van der Waals surface area contributed by atoms with Crippen molar-refractivity contribution in [3.05, 3.63) is 39.6 Å². The maximum absolute atomic E-state index is 12.0. The van der Waals surface area contributed by atoms with Gasteiger partial charge in [0.25, 0.3) is 0 Å². The molecule has 2 heterocycles. The van der Waals surface area contributed by atoms with Crippen molar-refractivity contribution in [2.24, 2.45) is 5.11 Å². The Labute approximate surface area is 176 Å². The predicted octanol–water partition coefficient (Wildman–Crippen LogP) is 5.20. The Morgan fingerprint density at radius 2 is 1.93 bits per heavy atom. The van der Waals surface area contributed by atoms with Crippen molar-refractivity contribution >= 4 is 32.2 Å². The summed E-state index contributed by atoms with van der Waals surface area (Å²) in [5.74, 6) is 0.323. The van der Waals surface area contributed by atoms with Crippen LogP contribution < -0.4 is 4.74 Å². The maximum Gasteiger partial charge on any atom is 0.223 e. The second-order valence-electron chi connectivity index (χ2n) is 8.01. The molecular weight excluding hydrogens is 414 g/mol. The zero-order valence-electron chi connectivity index (χ0n) is 17.5. The van der Waals surface area contributed by atoms with Gasteiger partial charge in [-0.3, -0.25) is 0 Å². The smallest absolute Gasteiger partial charge is 0.223 e. The molecule has 2 rings (SSSR count). The van der Waals surface area contributed by atoms with Gasteiger partial charge in [0, 0.05) is 30.0 Å². The molecule has 0 fully saturated rings. The highest BCUT2D eigenvalue weighted by Gasteiger charge is 2.33. The van der Waals surface area contributed by atoms with Crippen molar-refractivity contribution in [1.82, 2.24) is 9.97 Å². The number of ether oxygens (including phenoxy) is 1. The number of halogens is 1. The molecule has 0 aliphatic carbocycles. The van der Waals surface area contributed by atoms with E-state index in [1.54, 1.807) is 39.2 Å². The number of aromatic nitrogens is 2. The molecule has 10 heteroatoms. The van der Waals surface area contributed by atoms with E-state index in [0.717, 1.165) is 5.39 Å². The number of nitrogens with zero attached hydrogens (tertiary/aromatic N) is 5. The van der Waals surface area contributed by atoms with Crippen LogP contribution in [0.25, 0.3) is 21.2 Å². The quantitative estimate of drug-likeness (QED) is 0.242. The normalized spacial score (nSPS) is 15.4. The fourth-order valence-corrected chi connectivity index (χ4v) is 3.79. The number of pyridine rings is 2. The monoisotopic (exact) mass is 439 g/mol. The fourth-order valence-electron chi connectivity index (χ4n) is 3.10. The van der Waals surface area contributed by atoms with Crippen LogP contribution in [0, 0.1) is 0 Å². The molecule has 0 N–H and O–H groups in total. The first-order chi connectivity index (χ1) is 13.3. The van der Waals surface area contributed by atoms with Gasteiger partial charge in [0.2, 0.25) is 5.88 Å². The maximum atomic E-state index is 12.0. The standard InChI is InChI=1S/C19H26ClN5O3S/c1-7-19(5,24-25-21)15-11-23-17(14-10-22-16(20)8-13(14)15)28-12(2)9-18(3,4)29(6,26)27/h8,10-12H,7,9H2,1-6H3. The van der Waals surface area contributed by atoms with E-state index in [4.69, 9.17) is 21.9 Å². The Bertz CT molecular complexity index is 1070. The van der Waals surface area contributed by atoms with Gasteiger partial charge in [-0.05, 0) is 56.7 Å². The lowest BCUT2D eigenvalue weighted by atomic mass is 9.88. The van der Waals surface area contributed by atoms with Crippen LogP contribution in [0.5, 0.6) is 5.88 Å². The molecule has 2 atom stereocenters. The summed E-state index contributed by atoms with van der Waals surface area (Å²) >= 11 is 6.11. The van der Waals surface area contributed by atoms with E-state index in [2.05, 4.69) is 20.0 Å². The van der Waals surface area contributed by atoms with Gasteiger partial charge in [0.1, 0.15) is 5.15 Å². The highest BCUT2D eigenvalue weighted by Crippen LogP contribution is 2.38. The molecule has 0 spiro atoms. The van der Waals surface area contributed by atoms with E-state index in [1.165, 1.54) is 6.26 Å². The van der Waals surface area contributed by atoms with Crippen molar-refractivity contribution in [1.29, 1.82) is 0 Å². The summed E-state index contributed by atoms with van der Waals surface area (Å²) in [6.45, 7) is 8.89. The van der Waals surface area contributed by atoms with Gasteiger partial charge in [0.15, 0.2) is 9.84 Å². The van der Waals surface area contributed by atoms with Crippen LogP contribution in [0.3, 0.4) is 0 Å². The van der Waals surface area contributed by atoms with Crippen LogP contribution in [0.2, 0.25) is 5.15 Å². The summed E-state index contributed by atoms with van der Waals surface area (Å²) < 4.78 is 29.1. The van der Waals surface area contributed by atoms with Crippen LogP contribution in [0.4, 0.5) is 0 Å². The second-order valence-corrected chi connectivity index (χ2v) is 11.0. The predicted molar refractivity (Wildman–Crippen MR) is 115 cm³/mol. The highest BCUT2D eigenvalue weighted by molar-refractivity contribution is 7.92. The number of sulfone groups is 1. The average Bonchev–Trinajstić information content (AvgIpc) is 2.60. The topological polar surface area (TPSA) is 118 Å². The second kappa shape index (κ2) is 8.34. The van der Waals surface area contributed by atoms with Gasteiger partial charge in [-0.25, -0.2) is 18.4 Å². The summed E-state index contributed by atoms with van der Waals surface area (Å²) in [6, 6.07) is 1.69. The summed E-state index contributed by atoms with van der Waals surface area (Å²) in [6.07, 6.45) is 4.84. The molecule has 0 radical (unpaired) electrons. The van der Waals surface area contributed by atoms with Crippen LogP contribution >= 0.6 is 11.6 Å². The van der Waals surface area contributed by atoms with Crippen LogP contribution in [0.1, 0.15) is 53.0 Å². The molecule has 0 aliphatic rings. The van der Waals surface area contributed by atoms with Gasteiger partial charge < -0.3 is 4.74 Å². The number of azide groups is 1. The molecule has 0 saturated heterocycles. The number of fused-ring (bicyclic) bond motifs is 1. The summed E-state index contributed by atoms with van der Waals surface area (Å²) in [7, 11) is -3.25. The molecule has 0 bridgehead atoms. The minimum atomic E-state index is -3.25. The lowest BCUT2D eigenvalue weighted by molar-refractivity contribution is 0.192. The zero-order chi connectivity index (χ0) is 22.0. The molecular formula is C19H26ClN5O3S. The van der Waals surface area contributed by atoms with E-state index in [-0.39, 0.29) is 0 Å². The third kappa shape index (κ3) is 4.91. The zero-order valence-corrected chi connectivity index (χ0v) is 19.0. The third-order valence-corrected chi connectivity index (χ3v) is 7.71. The molecule has 8 nitrogen and oxygen atoms in total. The minimum absolute atomic E-state index is 0.293. The molecule has 2 unspecified atom stereocenters. The Balaban J connectivity index is 2.53. The largest absolute Gasteiger partial charge is 0.474 e. The molecule has 0 aromatic carbocycles. The first-order valence-corrected chi connectivity index (χ1v) is 11.5. The Hall–Kier alpha value is -2.09. The van der Waals surface area contributed by atoms with Crippen LogP contribution in [-0.4, -0.2) is 35.5 Å². The molecule has 0 amide bonds. The summed E-state index contributed by atoms with van der Waals surface area (Å²) in [5.41, 5.74) is 8.90. The summed E-state index contributed by atoms with van der Waals surface area (Å²) in [4.78, 5) is 11.5. The summed E-state index contributed by atoms with van der Waals surface area (Å²) in [5, 5.41) is 5.59. The van der Waals surface area contributed by atoms with Crippen molar-refractivity contribution < 1.29 is 13.2 Å². The molecule has 0 aliphatic heterocycles. The van der Waals surface area contributed by atoms with E-state index in [9.17, 15) is 8.42 Å². The highest BCUT2D eigenvalue weighted by atomic mass is 35.5. The Kier molecular flexibility index (Phi) is 6.67. The first kappa shape index (κ1) is 23.2. The van der Waals surface area contributed by atoms with Crippen molar-refractivity contribution in [2.75, 3.05) is 6.26 Å². The van der Waals surface area contributed by atoms with Crippen molar-refractivity contribution in [3.63, 3.8) is 0 Å². The molecule has 29 heavy (non-hydrogen) atoms. The van der Waals surface area contributed by atoms with Gasteiger partial charge in [-0.15, -0.1) is 0 Å². The van der Waals surface area contributed by atoms with E-state index in [0.29, 0.717) is 34.8 Å². The number of hydrogen-bond acceptors (Lipinski definition) is 6. The third-order valence-electron chi connectivity index (χ3n) is 5.33.